The zero-order chi connectivity index (χ0) is 18.9. The zero-order valence-electron chi connectivity index (χ0n) is 16.2. The zero-order valence-corrected chi connectivity index (χ0v) is 16.2. The van der Waals surface area contributed by atoms with Crippen LogP contribution < -0.4 is 0 Å². The van der Waals surface area contributed by atoms with Crippen LogP contribution in [-0.2, 0) is 9.59 Å². The monoisotopic (exact) mass is 344 g/mol. The van der Waals surface area contributed by atoms with Crippen LogP contribution >= 0.6 is 0 Å². The lowest BCUT2D eigenvalue weighted by Crippen LogP contribution is -2.60. The van der Waals surface area contributed by atoms with Gasteiger partial charge in [-0.2, -0.15) is 0 Å². The molecule has 2 unspecified atom stereocenters. The average molecular weight is 344 g/mol. The van der Waals surface area contributed by atoms with Crippen LogP contribution in [-0.4, -0.2) is 70.2 Å². The number of hydrogen-bond acceptors (Lipinski definition) is 4. The molecule has 2 atom stereocenters. The number of carbonyl (C=O) groups is 2. The first-order valence-corrected chi connectivity index (χ1v) is 9.15. The summed E-state index contributed by atoms with van der Waals surface area (Å²) in [4.78, 5) is 27.7. The number of nitrogens with zero attached hydrogens (tertiary/aromatic N) is 2. The van der Waals surface area contributed by atoms with Gasteiger partial charge in [-0.3, -0.25) is 9.59 Å². The summed E-state index contributed by atoms with van der Waals surface area (Å²) in [7, 11) is 0. The quantitative estimate of drug-likeness (QED) is 0.535. The van der Waals surface area contributed by atoms with Crippen molar-refractivity contribution < 1.29 is 19.8 Å². The molecule has 0 aromatic carbocycles. The fraction of sp³-hybridized carbons (Fsp3) is 0.889. The number of rotatable bonds is 13. The highest BCUT2D eigenvalue weighted by Crippen LogP contribution is 2.39. The average Bonchev–Trinajstić information content (AvgIpc) is 2.53. The SMILES string of the molecule is CCN(CC)C(C)C(CCCC(=O)O)(C(=O)O)C(C)N(CC)CC. The van der Waals surface area contributed by atoms with Crippen LogP contribution in [0.15, 0.2) is 0 Å². The van der Waals surface area contributed by atoms with Gasteiger partial charge in [0.25, 0.3) is 0 Å². The van der Waals surface area contributed by atoms with E-state index < -0.39 is 17.4 Å². The van der Waals surface area contributed by atoms with Crippen LogP contribution in [0.3, 0.4) is 0 Å². The molecule has 0 radical (unpaired) electrons. The van der Waals surface area contributed by atoms with Crippen LogP contribution in [0, 0.1) is 5.41 Å². The summed E-state index contributed by atoms with van der Waals surface area (Å²) in [5, 5.41) is 19.2. The van der Waals surface area contributed by atoms with E-state index in [1.54, 1.807) is 0 Å². The molecule has 6 nitrogen and oxygen atoms in total. The lowest BCUT2D eigenvalue weighted by atomic mass is 9.69. The molecule has 0 aliphatic rings. The van der Waals surface area contributed by atoms with E-state index in [0.29, 0.717) is 12.8 Å². The van der Waals surface area contributed by atoms with Gasteiger partial charge in [0.1, 0.15) is 0 Å². The minimum atomic E-state index is -0.993. The van der Waals surface area contributed by atoms with Gasteiger partial charge in [-0.1, -0.05) is 27.7 Å². The lowest BCUT2D eigenvalue weighted by Gasteiger charge is -2.48. The molecule has 0 spiro atoms. The minimum absolute atomic E-state index is 0.00493. The Hall–Kier alpha value is -1.14. The predicted molar refractivity (Wildman–Crippen MR) is 96.3 cm³/mol. The van der Waals surface area contributed by atoms with E-state index >= 15 is 0 Å². The van der Waals surface area contributed by atoms with E-state index in [0.717, 1.165) is 26.2 Å². The topological polar surface area (TPSA) is 81.1 Å². The normalized spacial score (nSPS) is 16.8. The Kier molecular flexibility index (Phi) is 10.2. The molecule has 6 heteroatoms. The highest BCUT2D eigenvalue weighted by atomic mass is 16.4. The second-order valence-electron chi connectivity index (χ2n) is 6.39. The van der Waals surface area contributed by atoms with Crippen molar-refractivity contribution in [1.82, 2.24) is 9.80 Å². The van der Waals surface area contributed by atoms with Crippen LogP contribution in [0.25, 0.3) is 0 Å². The van der Waals surface area contributed by atoms with Crippen molar-refractivity contribution in [3.63, 3.8) is 0 Å². The largest absolute Gasteiger partial charge is 0.481 e. The number of aliphatic carboxylic acids is 2. The Morgan fingerprint density at radius 1 is 0.875 bits per heavy atom. The number of carboxylic acids is 2. The first kappa shape index (κ1) is 22.9. The fourth-order valence-corrected chi connectivity index (χ4v) is 3.96. The third kappa shape index (κ3) is 5.18. The molecule has 0 fully saturated rings. The molecule has 0 heterocycles. The first-order chi connectivity index (χ1) is 11.2. The lowest BCUT2D eigenvalue weighted by molar-refractivity contribution is -0.161. The molecule has 2 N–H and O–H groups in total. The molecule has 0 saturated carbocycles. The molecule has 142 valence electrons. The number of carboxylic acid groups (broad SMARTS) is 2. The van der Waals surface area contributed by atoms with Crippen molar-refractivity contribution in [2.24, 2.45) is 5.41 Å². The Balaban J connectivity index is 5.86. The van der Waals surface area contributed by atoms with Gasteiger partial charge in [-0.05, 0) is 52.9 Å². The van der Waals surface area contributed by atoms with Gasteiger partial charge in [-0.15, -0.1) is 0 Å². The third-order valence-electron chi connectivity index (χ3n) is 5.59. The van der Waals surface area contributed by atoms with Crippen molar-refractivity contribution in [3.05, 3.63) is 0 Å². The molecular formula is C18H36N2O4. The standard InChI is InChI=1S/C18H36N2O4/c1-7-19(8-2)14(5)18(17(23)24,13-11-12-16(21)22)15(6)20(9-3)10-4/h14-15H,7-13H2,1-6H3,(H,21,22)(H,23,24). The van der Waals surface area contributed by atoms with Gasteiger partial charge >= 0.3 is 11.9 Å². The highest BCUT2D eigenvalue weighted by Gasteiger charge is 2.50. The molecule has 0 amide bonds. The van der Waals surface area contributed by atoms with Gasteiger partial charge in [0.05, 0.1) is 5.41 Å². The van der Waals surface area contributed by atoms with Crippen LogP contribution in [0.5, 0.6) is 0 Å². The Morgan fingerprint density at radius 2 is 1.25 bits per heavy atom. The maximum Gasteiger partial charge on any atom is 0.312 e. The van der Waals surface area contributed by atoms with E-state index in [9.17, 15) is 14.7 Å². The molecule has 0 bridgehead atoms. The fourth-order valence-electron chi connectivity index (χ4n) is 3.96. The molecule has 0 saturated heterocycles. The van der Waals surface area contributed by atoms with Gasteiger partial charge in [0.15, 0.2) is 0 Å². The van der Waals surface area contributed by atoms with Crippen LogP contribution in [0.2, 0.25) is 0 Å². The molecular weight excluding hydrogens is 308 g/mol. The second kappa shape index (κ2) is 10.7. The van der Waals surface area contributed by atoms with E-state index in [1.165, 1.54) is 0 Å². The number of hydrogen-bond donors (Lipinski definition) is 2. The van der Waals surface area contributed by atoms with E-state index in [4.69, 9.17) is 5.11 Å². The van der Waals surface area contributed by atoms with Crippen molar-refractivity contribution in [3.8, 4) is 0 Å². The van der Waals surface area contributed by atoms with Gasteiger partial charge in [-0.25, -0.2) is 0 Å². The molecule has 0 aliphatic heterocycles. The van der Waals surface area contributed by atoms with E-state index in [1.807, 2.05) is 41.5 Å². The summed E-state index contributed by atoms with van der Waals surface area (Å²) >= 11 is 0. The molecule has 0 aromatic heterocycles. The Morgan fingerprint density at radius 3 is 1.50 bits per heavy atom. The molecule has 0 aromatic rings. The van der Waals surface area contributed by atoms with Crippen molar-refractivity contribution in [2.75, 3.05) is 26.2 Å². The van der Waals surface area contributed by atoms with Crippen molar-refractivity contribution in [1.29, 1.82) is 0 Å². The van der Waals surface area contributed by atoms with Crippen LogP contribution in [0.4, 0.5) is 0 Å². The minimum Gasteiger partial charge on any atom is -0.481 e. The second-order valence-corrected chi connectivity index (χ2v) is 6.39. The van der Waals surface area contributed by atoms with Gasteiger partial charge < -0.3 is 20.0 Å². The summed E-state index contributed by atoms with van der Waals surface area (Å²) < 4.78 is 0. The Bertz CT molecular complexity index is 374. The smallest absolute Gasteiger partial charge is 0.312 e. The van der Waals surface area contributed by atoms with Crippen molar-refractivity contribution in [2.45, 2.75) is 72.9 Å². The maximum atomic E-state index is 12.5. The summed E-state index contributed by atoms with van der Waals surface area (Å²) in [5.74, 6) is -1.70. The van der Waals surface area contributed by atoms with E-state index in [-0.39, 0.29) is 18.5 Å². The molecule has 24 heavy (non-hydrogen) atoms. The molecule has 0 rings (SSSR count). The predicted octanol–water partition coefficient (Wildman–Crippen LogP) is 2.77. The highest BCUT2D eigenvalue weighted by molar-refractivity contribution is 5.77. The Labute approximate surface area is 146 Å². The molecule has 0 aliphatic carbocycles. The van der Waals surface area contributed by atoms with Crippen LogP contribution in [0.1, 0.15) is 60.8 Å². The van der Waals surface area contributed by atoms with Gasteiger partial charge in [0, 0.05) is 18.5 Å². The summed E-state index contributed by atoms with van der Waals surface area (Å²) in [6.07, 6.45) is 0.744. The first-order valence-electron chi connectivity index (χ1n) is 9.15. The maximum absolute atomic E-state index is 12.5. The van der Waals surface area contributed by atoms with E-state index in [2.05, 4.69) is 9.80 Å². The summed E-state index contributed by atoms with van der Waals surface area (Å²) in [6, 6.07) is -0.344. The third-order valence-corrected chi connectivity index (χ3v) is 5.59. The summed E-state index contributed by atoms with van der Waals surface area (Å²) in [5.41, 5.74) is -0.993. The van der Waals surface area contributed by atoms with Crippen molar-refractivity contribution >= 4 is 11.9 Å². The summed E-state index contributed by atoms with van der Waals surface area (Å²) in [6.45, 7) is 15.2. The van der Waals surface area contributed by atoms with Gasteiger partial charge in [0.2, 0.25) is 0 Å².